The Labute approximate surface area is 183 Å². The zero-order valence-corrected chi connectivity index (χ0v) is 19.1. The number of fused-ring (bicyclic) bond motifs is 1. The maximum atomic E-state index is 14.4. The highest BCUT2D eigenvalue weighted by Crippen LogP contribution is 2.63. The molecule has 30 heavy (non-hydrogen) atoms. The Hall–Kier alpha value is -1.84. The molecule has 0 spiro atoms. The largest absolute Gasteiger partial charge is 0.487 e. The molecule has 1 aromatic heterocycles. The number of carbonyl (C=O) groups excluding carboxylic acids is 1. The Kier molecular flexibility index (Phi) is 6.10. The van der Waals surface area contributed by atoms with Crippen LogP contribution in [0.4, 0.5) is 8.78 Å². The predicted molar refractivity (Wildman–Crippen MR) is 114 cm³/mol. The van der Waals surface area contributed by atoms with E-state index >= 15 is 0 Å². The lowest BCUT2D eigenvalue weighted by Crippen LogP contribution is -2.12. The number of primary amides is 1. The van der Waals surface area contributed by atoms with E-state index in [1.807, 2.05) is 32.0 Å². The number of nitrogens with two attached hydrogens (primary N) is 1. The van der Waals surface area contributed by atoms with Crippen molar-refractivity contribution in [3.8, 4) is 5.75 Å². The van der Waals surface area contributed by atoms with E-state index in [1.54, 1.807) is 0 Å². The van der Waals surface area contributed by atoms with E-state index in [9.17, 15) is 18.1 Å². The first kappa shape index (κ1) is 22.8. The molecule has 1 heterocycles. The Morgan fingerprint density at radius 2 is 1.90 bits per heavy atom. The third kappa shape index (κ3) is 4.15. The van der Waals surface area contributed by atoms with Crippen molar-refractivity contribution in [3.63, 3.8) is 0 Å². The molecular formula is C19H17BrF2NO5PS. The van der Waals surface area contributed by atoms with Crippen LogP contribution in [0.15, 0.2) is 34.8 Å². The smallest absolute Gasteiger partial charge is 0.400 e. The van der Waals surface area contributed by atoms with Gasteiger partial charge in [0.2, 0.25) is 5.91 Å². The van der Waals surface area contributed by atoms with Crippen LogP contribution >= 0.6 is 34.9 Å². The van der Waals surface area contributed by atoms with E-state index in [1.165, 1.54) is 12.1 Å². The molecular weight excluding hydrogens is 503 g/mol. The number of aryl methyl sites for hydroxylation is 2. The van der Waals surface area contributed by atoms with Gasteiger partial charge in [0, 0.05) is 15.4 Å². The van der Waals surface area contributed by atoms with Crippen LogP contribution in [0.5, 0.6) is 5.75 Å². The van der Waals surface area contributed by atoms with Gasteiger partial charge in [0.05, 0.1) is 4.70 Å². The normalized spacial score (nSPS) is 12.4. The van der Waals surface area contributed by atoms with Crippen LogP contribution in [0.3, 0.4) is 0 Å². The lowest BCUT2D eigenvalue weighted by atomic mass is 10.1. The topological polar surface area (TPSA) is 110 Å². The second-order valence-corrected chi connectivity index (χ2v) is 10.2. The van der Waals surface area contributed by atoms with Gasteiger partial charge in [-0.1, -0.05) is 18.2 Å². The third-order valence-electron chi connectivity index (χ3n) is 4.58. The van der Waals surface area contributed by atoms with Gasteiger partial charge in [0.1, 0.15) is 17.2 Å². The Morgan fingerprint density at radius 1 is 1.23 bits per heavy atom. The van der Waals surface area contributed by atoms with Crippen LogP contribution in [0.1, 0.15) is 31.9 Å². The van der Waals surface area contributed by atoms with E-state index in [4.69, 9.17) is 20.3 Å². The zero-order chi connectivity index (χ0) is 22.4. The fourth-order valence-corrected chi connectivity index (χ4v) is 5.74. The van der Waals surface area contributed by atoms with E-state index in [0.29, 0.717) is 11.3 Å². The Bertz CT molecular complexity index is 1210. The van der Waals surface area contributed by atoms with Crippen LogP contribution < -0.4 is 10.5 Å². The van der Waals surface area contributed by atoms with E-state index < -0.39 is 24.0 Å². The molecule has 0 aliphatic heterocycles. The van der Waals surface area contributed by atoms with Gasteiger partial charge < -0.3 is 20.3 Å². The molecule has 4 N–H and O–H groups in total. The first-order valence-corrected chi connectivity index (χ1v) is 11.7. The Morgan fingerprint density at radius 3 is 2.47 bits per heavy atom. The number of rotatable bonds is 6. The molecule has 0 aliphatic carbocycles. The minimum atomic E-state index is -5.78. The molecule has 1 amide bonds. The van der Waals surface area contributed by atoms with Crippen LogP contribution in [0.2, 0.25) is 0 Å². The van der Waals surface area contributed by atoms with Gasteiger partial charge in [-0.3, -0.25) is 9.36 Å². The first-order chi connectivity index (χ1) is 13.8. The highest BCUT2D eigenvalue weighted by atomic mass is 79.9. The zero-order valence-electron chi connectivity index (χ0n) is 15.8. The summed E-state index contributed by atoms with van der Waals surface area (Å²) in [6, 6.07) is 8.30. The highest BCUT2D eigenvalue weighted by molar-refractivity contribution is 9.10. The summed E-state index contributed by atoms with van der Waals surface area (Å²) in [6.45, 7) is 4.00. The molecule has 0 saturated carbocycles. The number of halogens is 3. The van der Waals surface area contributed by atoms with Crippen molar-refractivity contribution in [2.75, 3.05) is 0 Å². The molecule has 0 saturated heterocycles. The van der Waals surface area contributed by atoms with Crippen LogP contribution in [0, 0.1) is 13.8 Å². The standard InChI is InChI=1S/C19H17BrF2NO5PS/c1-9-3-4-11(5-10(9)2)8-28-14-7-12(18(23)24)6-13-15(20)17(30-16(13)14)19(21,22)29(25,26)27/h3-7H,8H2,1-2H3,(H2,23,24)(H2,25,26,27). The number of thiophene rings is 1. The molecule has 0 bridgehead atoms. The van der Waals surface area contributed by atoms with E-state index in [2.05, 4.69) is 15.9 Å². The van der Waals surface area contributed by atoms with Crippen molar-refractivity contribution in [1.29, 1.82) is 0 Å². The summed E-state index contributed by atoms with van der Waals surface area (Å²) in [6.07, 6.45) is 0. The van der Waals surface area contributed by atoms with Crippen molar-refractivity contribution in [1.82, 2.24) is 0 Å². The van der Waals surface area contributed by atoms with Crippen LogP contribution in [-0.2, 0) is 16.8 Å². The summed E-state index contributed by atoms with van der Waals surface area (Å²) < 4.78 is 45.9. The fourth-order valence-electron chi connectivity index (χ4n) is 2.77. The minimum absolute atomic E-state index is 0.0159. The van der Waals surface area contributed by atoms with Gasteiger partial charge in [0.15, 0.2) is 0 Å². The van der Waals surface area contributed by atoms with Crippen LogP contribution in [-0.4, -0.2) is 15.7 Å². The highest BCUT2D eigenvalue weighted by Gasteiger charge is 2.53. The van der Waals surface area contributed by atoms with Gasteiger partial charge in [0.25, 0.3) is 0 Å². The number of alkyl halides is 2. The van der Waals surface area contributed by atoms with Crippen molar-refractivity contribution in [3.05, 3.63) is 61.9 Å². The lowest BCUT2D eigenvalue weighted by Gasteiger charge is -2.16. The van der Waals surface area contributed by atoms with Crippen molar-refractivity contribution in [2.24, 2.45) is 5.73 Å². The number of benzene rings is 2. The summed E-state index contributed by atoms with van der Waals surface area (Å²) in [7, 11) is -5.78. The first-order valence-electron chi connectivity index (χ1n) is 8.51. The second kappa shape index (κ2) is 8.01. The number of amides is 1. The predicted octanol–water partition coefficient (Wildman–Crippen LogP) is 5.19. The van der Waals surface area contributed by atoms with Gasteiger partial charge in [-0.15, -0.1) is 11.3 Å². The van der Waals surface area contributed by atoms with E-state index in [0.717, 1.165) is 16.7 Å². The monoisotopic (exact) mass is 519 g/mol. The molecule has 3 aromatic rings. The van der Waals surface area contributed by atoms with E-state index in [-0.39, 0.29) is 32.5 Å². The molecule has 160 valence electrons. The van der Waals surface area contributed by atoms with Gasteiger partial charge in [-0.2, -0.15) is 8.78 Å². The molecule has 3 rings (SSSR count). The van der Waals surface area contributed by atoms with Crippen molar-refractivity contribution < 1.29 is 32.7 Å². The second-order valence-electron chi connectivity index (χ2n) is 6.75. The maximum absolute atomic E-state index is 14.4. The molecule has 0 unspecified atom stereocenters. The lowest BCUT2D eigenvalue weighted by molar-refractivity contribution is 0.0595. The molecule has 0 aliphatic rings. The summed E-state index contributed by atoms with van der Waals surface area (Å²) in [5, 5.41) is 0.148. The molecule has 0 radical (unpaired) electrons. The molecule has 2 aromatic carbocycles. The third-order valence-corrected chi connectivity index (χ3v) is 8.07. The molecule has 0 fully saturated rings. The van der Waals surface area contributed by atoms with Crippen molar-refractivity contribution >= 4 is 50.9 Å². The number of ether oxygens (including phenoxy) is 1. The van der Waals surface area contributed by atoms with Crippen LogP contribution in [0.25, 0.3) is 10.1 Å². The molecule has 6 nitrogen and oxygen atoms in total. The molecule has 11 heteroatoms. The minimum Gasteiger partial charge on any atom is -0.487 e. The Balaban J connectivity index is 2.12. The number of hydrogen-bond donors (Lipinski definition) is 3. The average molecular weight is 520 g/mol. The van der Waals surface area contributed by atoms with Crippen molar-refractivity contribution in [2.45, 2.75) is 26.1 Å². The number of hydrogen-bond acceptors (Lipinski definition) is 4. The summed E-state index contributed by atoms with van der Waals surface area (Å²) >= 11 is 3.47. The number of carbonyl (C=O) groups is 1. The fraction of sp³-hybridized carbons (Fsp3) is 0.211. The molecule has 0 atom stereocenters. The van der Waals surface area contributed by atoms with Gasteiger partial charge in [-0.25, -0.2) is 0 Å². The quantitative estimate of drug-likeness (QED) is 0.388. The summed E-state index contributed by atoms with van der Waals surface area (Å²) in [5.74, 6) is -0.688. The summed E-state index contributed by atoms with van der Waals surface area (Å²) in [5.41, 5.74) is 3.93. The average Bonchev–Trinajstić information content (AvgIpc) is 2.99. The maximum Gasteiger partial charge on any atom is 0.400 e. The SMILES string of the molecule is Cc1ccc(COc2cc(C(N)=O)cc3c(Br)c(C(F)(F)P(=O)(O)O)sc23)cc1C. The summed E-state index contributed by atoms with van der Waals surface area (Å²) in [4.78, 5) is 29.1. The van der Waals surface area contributed by atoms with Gasteiger partial charge >= 0.3 is 13.3 Å². The van der Waals surface area contributed by atoms with Gasteiger partial charge in [-0.05, 0) is 58.6 Å².